The van der Waals surface area contributed by atoms with Gasteiger partial charge in [-0.2, -0.15) is 0 Å². The average Bonchev–Trinajstić information content (AvgIpc) is 2.36. The molecule has 0 spiro atoms. The Balaban J connectivity index is 2.13. The lowest BCUT2D eigenvalue weighted by molar-refractivity contribution is 0.569. The van der Waals surface area contributed by atoms with Gasteiger partial charge in [-0.25, -0.2) is 0 Å². The Morgan fingerprint density at radius 2 is 1.38 bits per heavy atom. The zero-order valence-electron chi connectivity index (χ0n) is 14.2. The first-order valence-corrected chi connectivity index (χ1v) is 7.75. The van der Waals surface area contributed by atoms with Gasteiger partial charge in [0.05, 0.1) is 0 Å². The number of nitrogens with one attached hydrogen (secondary N) is 1. The molecule has 2 aromatic carbocycles. The van der Waals surface area contributed by atoms with E-state index in [1.54, 1.807) is 0 Å². The minimum Gasteiger partial charge on any atom is -0.306 e. The molecule has 1 heteroatoms. The van der Waals surface area contributed by atoms with Crippen LogP contribution in [-0.4, -0.2) is 0 Å². The zero-order valence-corrected chi connectivity index (χ0v) is 14.2. The Morgan fingerprint density at radius 3 is 1.95 bits per heavy atom. The van der Waals surface area contributed by atoms with Crippen LogP contribution in [-0.2, 0) is 6.54 Å². The van der Waals surface area contributed by atoms with E-state index in [1.165, 1.54) is 38.9 Å². The molecular formula is C20H27N. The summed E-state index contributed by atoms with van der Waals surface area (Å²) in [4.78, 5) is 0. The van der Waals surface area contributed by atoms with Gasteiger partial charge in [0.25, 0.3) is 0 Å². The van der Waals surface area contributed by atoms with Crippen LogP contribution in [0.1, 0.15) is 51.9 Å². The van der Waals surface area contributed by atoms with Crippen LogP contribution in [0.5, 0.6) is 0 Å². The molecule has 2 aromatic rings. The fourth-order valence-electron chi connectivity index (χ4n) is 3.17. The largest absolute Gasteiger partial charge is 0.306 e. The minimum absolute atomic E-state index is 0.366. The first-order chi connectivity index (χ1) is 9.88. The second-order valence-electron chi connectivity index (χ2n) is 6.34. The minimum atomic E-state index is 0.366. The standard InChI is InChI=1S/C20H27N/c1-13-7-8-19(15(3)9-13)18(6)21-12-20-16(4)10-14(2)11-17(20)5/h7-11,18,21H,12H2,1-6H3. The molecule has 0 radical (unpaired) electrons. The van der Waals surface area contributed by atoms with Crippen molar-refractivity contribution in [1.82, 2.24) is 5.32 Å². The van der Waals surface area contributed by atoms with Crippen molar-refractivity contribution in [1.29, 1.82) is 0 Å². The third kappa shape index (κ3) is 3.74. The molecule has 2 rings (SSSR count). The summed E-state index contributed by atoms with van der Waals surface area (Å²) < 4.78 is 0. The highest BCUT2D eigenvalue weighted by Gasteiger charge is 2.10. The summed E-state index contributed by atoms with van der Waals surface area (Å²) in [7, 11) is 0. The molecule has 0 saturated carbocycles. The highest BCUT2D eigenvalue weighted by atomic mass is 14.9. The fourth-order valence-corrected chi connectivity index (χ4v) is 3.17. The van der Waals surface area contributed by atoms with Gasteiger partial charge >= 0.3 is 0 Å². The summed E-state index contributed by atoms with van der Waals surface area (Å²) in [6.07, 6.45) is 0. The van der Waals surface area contributed by atoms with Gasteiger partial charge in [0.1, 0.15) is 0 Å². The van der Waals surface area contributed by atoms with Gasteiger partial charge in [0.15, 0.2) is 0 Å². The van der Waals surface area contributed by atoms with Gasteiger partial charge < -0.3 is 5.32 Å². The topological polar surface area (TPSA) is 12.0 Å². The van der Waals surface area contributed by atoms with Crippen molar-refractivity contribution in [2.24, 2.45) is 0 Å². The molecule has 1 atom stereocenters. The van der Waals surface area contributed by atoms with E-state index in [-0.39, 0.29) is 0 Å². The van der Waals surface area contributed by atoms with Crippen molar-refractivity contribution in [3.05, 3.63) is 69.3 Å². The first kappa shape index (κ1) is 15.8. The maximum absolute atomic E-state index is 3.68. The third-order valence-electron chi connectivity index (χ3n) is 4.32. The number of hydrogen-bond donors (Lipinski definition) is 1. The lowest BCUT2D eigenvalue weighted by Gasteiger charge is -2.19. The van der Waals surface area contributed by atoms with Crippen molar-refractivity contribution in [3.8, 4) is 0 Å². The average molecular weight is 281 g/mol. The normalized spacial score (nSPS) is 12.5. The Labute approximate surface area is 129 Å². The summed E-state index contributed by atoms with van der Waals surface area (Å²) in [5, 5.41) is 3.68. The van der Waals surface area contributed by atoms with E-state index in [0.29, 0.717) is 6.04 Å². The van der Waals surface area contributed by atoms with Crippen LogP contribution in [0.15, 0.2) is 30.3 Å². The summed E-state index contributed by atoms with van der Waals surface area (Å²) >= 11 is 0. The number of aryl methyl sites for hydroxylation is 5. The van der Waals surface area contributed by atoms with Crippen molar-refractivity contribution in [2.45, 2.75) is 54.1 Å². The van der Waals surface area contributed by atoms with Crippen LogP contribution in [0.2, 0.25) is 0 Å². The smallest absolute Gasteiger partial charge is 0.0297 e. The molecule has 21 heavy (non-hydrogen) atoms. The van der Waals surface area contributed by atoms with E-state index in [1.807, 2.05) is 0 Å². The summed E-state index contributed by atoms with van der Waals surface area (Å²) in [6, 6.07) is 11.6. The second kappa shape index (κ2) is 6.44. The first-order valence-electron chi connectivity index (χ1n) is 7.75. The molecule has 0 aliphatic heterocycles. The molecule has 1 nitrogen and oxygen atoms in total. The summed E-state index contributed by atoms with van der Waals surface area (Å²) in [5.74, 6) is 0. The van der Waals surface area contributed by atoms with E-state index in [4.69, 9.17) is 0 Å². The second-order valence-corrected chi connectivity index (χ2v) is 6.34. The summed E-state index contributed by atoms with van der Waals surface area (Å²) in [6.45, 7) is 14.1. The molecule has 0 fully saturated rings. The molecule has 0 aromatic heterocycles. The van der Waals surface area contributed by atoms with Crippen molar-refractivity contribution in [3.63, 3.8) is 0 Å². The quantitative estimate of drug-likeness (QED) is 0.824. The van der Waals surface area contributed by atoms with Crippen molar-refractivity contribution in [2.75, 3.05) is 0 Å². The van der Waals surface area contributed by atoms with Gasteiger partial charge in [0.2, 0.25) is 0 Å². The van der Waals surface area contributed by atoms with Gasteiger partial charge in [-0.1, -0.05) is 41.5 Å². The molecule has 0 bridgehead atoms. The van der Waals surface area contributed by atoms with Crippen molar-refractivity contribution < 1.29 is 0 Å². The van der Waals surface area contributed by atoms with E-state index in [2.05, 4.69) is 77.2 Å². The molecule has 0 aliphatic rings. The van der Waals surface area contributed by atoms with Crippen LogP contribution in [0.25, 0.3) is 0 Å². The van der Waals surface area contributed by atoms with Gasteiger partial charge in [-0.15, -0.1) is 0 Å². The lowest BCUT2D eigenvalue weighted by Crippen LogP contribution is -2.20. The molecular weight excluding hydrogens is 254 g/mol. The van der Waals surface area contributed by atoms with E-state index < -0.39 is 0 Å². The molecule has 0 saturated heterocycles. The van der Waals surface area contributed by atoms with E-state index >= 15 is 0 Å². The summed E-state index contributed by atoms with van der Waals surface area (Å²) in [5.41, 5.74) is 9.62. The Kier molecular flexibility index (Phi) is 4.84. The molecule has 0 aliphatic carbocycles. The number of benzene rings is 2. The maximum atomic E-state index is 3.68. The Hall–Kier alpha value is -1.60. The van der Waals surface area contributed by atoms with Gasteiger partial charge in [-0.3, -0.25) is 0 Å². The van der Waals surface area contributed by atoms with E-state index in [9.17, 15) is 0 Å². The van der Waals surface area contributed by atoms with Crippen LogP contribution in [0.4, 0.5) is 0 Å². The highest BCUT2D eigenvalue weighted by molar-refractivity contribution is 5.38. The highest BCUT2D eigenvalue weighted by Crippen LogP contribution is 2.21. The zero-order chi connectivity index (χ0) is 15.6. The van der Waals surface area contributed by atoms with Crippen LogP contribution >= 0.6 is 0 Å². The monoisotopic (exact) mass is 281 g/mol. The number of rotatable bonds is 4. The molecule has 1 N–H and O–H groups in total. The van der Waals surface area contributed by atoms with E-state index in [0.717, 1.165) is 6.54 Å². The van der Waals surface area contributed by atoms with Crippen molar-refractivity contribution >= 4 is 0 Å². The predicted octanol–water partition coefficient (Wildman–Crippen LogP) is 5.08. The molecule has 112 valence electrons. The number of hydrogen-bond acceptors (Lipinski definition) is 1. The lowest BCUT2D eigenvalue weighted by atomic mass is 9.98. The fraction of sp³-hybridized carbons (Fsp3) is 0.400. The molecule has 0 amide bonds. The van der Waals surface area contributed by atoms with Gasteiger partial charge in [-0.05, 0) is 69.4 Å². The predicted molar refractivity (Wildman–Crippen MR) is 91.8 cm³/mol. The van der Waals surface area contributed by atoms with Gasteiger partial charge in [0, 0.05) is 12.6 Å². The van der Waals surface area contributed by atoms with Crippen LogP contribution in [0.3, 0.4) is 0 Å². The van der Waals surface area contributed by atoms with Crippen LogP contribution < -0.4 is 5.32 Å². The van der Waals surface area contributed by atoms with Crippen LogP contribution in [0, 0.1) is 34.6 Å². The SMILES string of the molecule is Cc1ccc(C(C)NCc2c(C)cc(C)cc2C)c(C)c1. The third-order valence-corrected chi connectivity index (χ3v) is 4.32. The Bertz CT molecular complexity index is 617. The molecule has 1 unspecified atom stereocenters. The Morgan fingerprint density at radius 1 is 0.810 bits per heavy atom. The molecule has 0 heterocycles. The maximum Gasteiger partial charge on any atom is 0.0297 e.